The third-order valence-corrected chi connectivity index (χ3v) is 3.39. The highest BCUT2D eigenvalue weighted by atomic mass is 16.5. The molecule has 1 aromatic rings. The fraction of sp³-hybridized carbons (Fsp3) is 0.571. The molecule has 17 heavy (non-hydrogen) atoms. The van der Waals surface area contributed by atoms with E-state index >= 15 is 0 Å². The molecule has 0 aromatic heterocycles. The summed E-state index contributed by atoms with van der Waals surface area (Å²) < 4.78 is 5.26. The highest BCUT2D eigenvalue weighted by Gasteiger charge is 2.38. The lowest BCUT2D eigenvalue weighted by Crippen LogP contribution is -2.36. The van der Waals surface area contributed by atoms with Crippen molar-refractivity contribution in [1.29, 1.82) is 0 Å². The largest absolute Gasteiger partial charge is 0.496 e. The van der Waals surface area contributed by atoms with Crippen LogP contribution in [0.4, 0.5) is 0 Å². The first-order valence-corrected chi connectivity index (χ1v) is 6.13. The van der Waals surface area contributed by atoms with E-state index in [4.69, 9.17) is 10.5 Å². The minimum Gasteiger partial charge on any atom is -0.496 e. The van der Waals surface area contributed by atoms with E-state index in [-0.39, 0.29) is 5.54 Å². The Kier molecular flexibility index (Phi) is 3.40. The molecule has 3 nitrogen and oxygen atoms in total. The summed E-state index contributed by atoms with van der Waals surface area (Å²) in [4.78, 5) is 2.30. The minimum atomic E-state index is 0.0935. The first-order valence-electron chi connectivity index (χ1n) is 6.13. The smallest absolute Gasteiger partial charge is 0.121 e. The van der Waals surface area contributed by atoms with Crippen molar-refractivity contribution in [2.24, 2.45) is 5.73 Å². The second-order valence-electron chi connectivity index (χ2n) is 5.34. The summed E-state index contributed by atoms with van der Waals surface area (Å²) in [6.45, 7) is 4.01. The van der Waals surface area contributed by atoms with Gasteiger partial charge in [0.1, 0.15) is 5.75 Å². The number of ether oxygens (including phenoxy) is 1. The molecule has 0 heterocycles. The van der Waals surface area contributed by atoms with Crippen LogP contribution in [0.15, 0.2) is 18.2 Å². The molecule has 0 amide bonds. The summed E-state index contributed by atoms with van der Waals surface area (Å²) in [5.74, 6) is 0.953. The van der Waals surface area contributed by atoms with Gasteiger partial charge in [0.2, 0.25) is 0 Å². The van der Waals surface area contributed by atoms with E-state index in [0.29, 0.717) is 0 Å². The molecule has 2 rings (SSSR count). The lowest BCUT2D eigenvalue weighted by Gasteiger charge is -2.21. The van der Waals surface area contributed by atoms with Gasteiger partial charge in [-0.05, 0) is 44.0 Å². The molecule has 0 saturated heterocycles. The van der Waals surface area contributed by atoms with Crippen molar-refractivity contribution in [1.82, 2.24) is 4.90 Å². The van der Waals surface area contributed by atoms with Gasteiger partial charge >= 0.3 is 0 Å². The topological polar surface area (TPSA) is 38.5 Å². The Bertz CT molecular complexity index is 399. The summed E-state index contributed by atoms with van der Waals surface area (Å²) in [5.41, 5.74) is 8.71. The normalized spacial score (nSPS) is 17.2. The molecule has 0 unspecified atom stereocenters. The van der Waals surface area contributed by atoms with Gasteiger partial charge in [0.25, 0.3) is 0 Å². The quantitative estimate of drug-likeness (QED) is 0.846. The fourth-order valence-electron chi connectivity index (χ4n) is 2.26. The predicted octanol–water partition coefficient (Wildman–Crippen LogP) is 1.93. The van der Waals surface area contributed by atoms with Crippen LogP contribution >= 0.6 is 0 Å². The van der Waals surface area contributed by atoms with Gasteiger partial charge in [0.15, 0.2) is 0 Å². The molecule has 3 heteroatoms. The van der Waals surface area contributed by atoms with Crippen molar-refractivity contribution in [3.63, 3.8) is 0 Å². The molecule has 1 aliphatic carbocycles. The van der Waals surface area contributed by atoms with Crippen molar-refractivity contribution in [2.45, 2.75) is 31.8 Å². The van der Waals surface area contributed by atoms with Crippen LogP contribution in [0.1, 0.15) is 24.0 Å². The van der Waals surface area contributed by atoms with Gasteiger partial charge < -0.3 is 15.4 Å². The average molecular weight is 234 g/mol. The summed E-state index contributed by atoms with van der Waals surface area (Å²) in [6.07, 6.45) is 2.33. The first kappa shape index (κ1) is 12.4. The van der Waals surface area contributed by atoms with Crippen molar-refractivity contribution in [3.8, 4) is 5.75 Å². The Morgan fingerprint density at radius 1 is 1.41 bits per heavy atom. The van der Waals surface area contributed by atoms with E-state index in [0.717, 1.165) is 18.8 Å². The highest BCUT2D eigenvalue weighted by Crippen LogP contribution is 2.33. The van der Waals surface area contributed by atoms with Gasteiger partial charge in [-0.15, -0.1) is 0 Å². The molecule has 1 aliphatic rings. The molecule has 0 atom stereocenters. The van der Waals surface area contributed by atoms with Crippen molar-refractivity contribution in [3.05, 3.63) is 29.3 Å². The van der Waals surface area contributed by atoms with Crippen LogP contribution in [0, 0.1) is 6.92 Å². The number of hydrogen-bond acceptors (Lipinski definition) is 3. The number of hydrogen-bond donors (Lipinski definition) is 1. The van der Waals surface area contributed by atoms with E-state index in [1.54, 1.807) is 7.11 Å². The van der Waals surface area contributed by atoms with Crippen molar-refractivity contribution < 1.29 is 4.74 Å². The average Bonchev–Trinajstić information content (AvgIpc) is 2.95. The fourth-order valence-corrected chi connectivity index (χ4v) is 2.26. The zero-order valence-corrected chi connectivity index (χ0v) is 11.0. The molecule has 94 valence electrons. The van der Waals surface area contributed by atoms with Crippen LogP contribution in [0.3, 0.4) is 0 Å². The molecular formula is C14H22N2O. The van der Waals surface area contributed by atoms with Crippen LogP contribution < -0.4 is 10.5 Å². The molecule has 1 aromatic carbocycles. The Balaban J connectivity index is 1.96. The second kappa shape index (κ2) is 4.67. The predicted molar refractivity (Wildman–Crippen MR) is 70.2 cm³/mol. The molecular weight excluding hydrogens is 212 g/mol. The van der Waals surface area contributed by atoms with Crippen LogP contribution in [0.5, 0.6) is 5.75 Å². The van der Waals surface area contributed by atoms with E-state index in [1.807, 2.05) is 6.07 Å². The number of aryl methyl sites for hydroxylation is 1. The maximum Gasteiger partial charge on any atom is 0.121 e. The third kappa shape index (κ3) is 3.20. The highest BCUT2D eigenvalue weighted by molar-refractivity contribution is 5.36. The Morgan fingerprint density at radius 3 is 2.65 bits per heavy atom. The molecule has 0 aliphatic heterocycles. The number of methoxy groups -OCH3 is 1. The molecule has 1 saturated carbocycles. The zero-order chi connectivity index (χ0) is 12.5. The summed E-state index contributed by atoms with van der Waals surface area (Å²) in [6, 6.07) is 6.34. The molecule has 0 radical (unpaired) electrons. The SMILES string of the molecule is COc1ccc(CN(C)CC2(N)CC2)cc1C. The van der Waals surface area contributed by atoms with Gasteiger partial charge in [-0.1, -0.05) is 12.1 Å². The Labute approximate surface area is 104 Å². The maximum atomic E-state index is 6.12. The monoisotopic (exact) mass is 234 g/mol. The molecule has 2 N–H and O–H groups in total. The van der Waals surface area contributed by atoms with Gasteiger partial charge in [-0.2, -0.15) is 0 Å². The summed E-state index contributed by atoms with van der Waals surface area (Å²) in [5, 5.41) is 0. The van der Waals surface area contributed by atoms with E-state index in [9.17, 15) is 0 Å². The van der Waals surface area contributed by atoms with Gasteiger partial charge in [0, 0.05) is 18.6 Å². The van der Waals surface area contributed by atoms with E-state index < -0.39 is 0 Å². The Hall–Kier alpha value is -1.06. The van der Waals surface area contributed by atoms with Gasteiger partial charge in [-0.25, -0.2) is 0 Å². The number of nitrogens with zero attached hydrogens (tertiary/aromatic N) is 1. The number of benzene rings is 1. The van der Waals surface area contributed by atoms with Crippen molar-refractivity contribution in [2.75, 3.05) is 20.7 Å². The molecule has 0 bridgehead atoms. The van der Waals surface area contributed by atoms with Crippen molar-refractivity contribution >= 4 is 0 Å². The minimum absolute atomic E-state index is 0.0935. The lowest BCUT2D eigenvalue weighted by molar-refractivity contribution is 0.295. The van der Waals surface area contributed by atoms with E-state index in [2.05, 4.69) is 31.0 Å². The number of likely N-dealkylation sites (N-methyl/N-ethyl adjacent to an activating group) is 1. The van der Waals surface area contributed by atoms with Crippen LogP contribution in [0.2, 0.25) is 0 Å². The van der Waals surface area contributed by atoms with Crippen LogP contribution in [0.25, 0.3) is 0 Å². The molecule has 1 fully saturated rings. The number of nitrogens with two attached hydrogens (primary N) is 1. The standard InChI is InChI=1S/C14H22N2O/c1-11-8-12(4-5-13(11)17-3)9-16(2)10-14(15)6-7-14/h4-5,8H,6-7,9-10,15H2,1-3H3. The molecule has 0 spiro atoms. The lowest BCUT2D eigenvalue weighted by atomic mass is 10.1. The maximum absolute atomic E-state index is 6.12. The first-order chi connectivity index (χ1) is 8.02. The van der Waals surface area contributed by atoms with E-state index in [1.165, 1.54) is 24.0 Å². The number of rotatable bonds is 5. The summed E-state index contributed by atoms with van der Waals surface area (Å²) >= 11 is 0. The zero-order valence-electron chi connectivity index (χ0n) is 11.0. The van der Waals surface area contributed by atoms with Gasteiger partial charge in [-0.3, -0.25) is 0 Å². The van der Waals surface area contributed by atoms with Crippen LogP contribution in [-0.2, 0) is 6.54 Å². The Morgan fingerprint density at radius 2 is 2.12 bits per heavy atom. The third-order valence-electron chi connectivity index (χ3n) is 3.39. The second-order valence-corrected chi connectivity index (χ2v) is 5.34. The van der Waals surface area contributed by atoms with Gasteiger partial charge in [0.05, 0.1) is 7.11 Å². The summed E-state index contributed by atoms with van der Waals surface area (Å²) in [7, 11) is 3.84. The van der Waals surface area contributed by atoms with Crippen LogP contribution in [-0.4, -0.2) is 31.1 Å².